The number of benzene rings is 1. The molecule has 6 rings (SSSR count). The van der Waals surface area contributed by atoms with E-state index in [1.807, 2.05) is 6.07 Å². The average Bonchev–Trinajstić information content (AvgIpc) is 3.66. The molecule has 0 saturated carbocycles. The second-order valence-corrected chi connectivity index (χ2v) is 10.3. The van der Waals surface area contributed by atoms with Gasteiger partial charge in [-0.05, 0) is 36.7 Å². The summed E-state index contributed by atoms with van der Waals surface area (Å²) in [4.78, 5) is 19.4. The molecule has 0 bridgehead atoms. The minimum Gasteiger partial charge on any atom is -0.389 e. The van der Waals surface area contributed by atoms with E-state index in [0.717, 1.165) is 39.3 Å². The molecule has 3 aromatic heterocycles. The molecule has 4 aromatic rings. The standard InChI is InChI=1S/C29H30F2N8O2S/c1-3-22-28(35(2)29-33-27(25(13-32)42-29)18-4-6-19(30)7-5-18)24-12-23(21(31)16-39(24)34-22)37-10-8-36(9-11-37)17-26(41)38-14-20(40)15-38/h4-7,12,16,20,40H,3,8-11,14-15,17H2,1-2H3/i1D3,3D2,8D2,9D2,10D2,11D2. The summed E-state index contributed by atoms with van der Waals surface area (Å²) in [6.45, 7) is -19.3. The van der Waals surface area contributed by atoms with Gasteiger partial charge in [0, 0.05) is 64.0 Å². The molecule has 0 radical (unpaired) electrons. The number of fused-ring (bicyclic) bond motifs is 1. The van der Waals surface area contributed by atoms with Gasteiger partial charge < -0.3 is 19.8 Å². The van der Waals surface area contributed by atoms with Gasteiger partial charge in [0.15, 0.2) is 10.9 Å². The van der Waals surface area contributed by atoms with Gasteiger partial charge >= 0.3 is 0 Å². The van der Waals surface area contributed by atoms with Gasteiger partial charge in [-0.2, -0.15) is 10.4 Å². The Morgan fingerprint density at radius 1 is 1.29 bits per heavy atom. The summed E-state index contributed by atoms with van der Waals surface area (Å²) in [7, 11) is 1.27. The number of anilines is 3. The normalized spacial score (nSPS) is 26.1. The number of hydrogen-bond donors (Lipinski definition) is 1. The molecule has 1 amide bonds. The van der Waals surface area contributed by atoms with Crippen LogP contribution in [0.15, 0.2) is 36.5 Å². The summed E-state index contributed by atoms with van der Waals surface area (Å²) in [5, 5.41) is 23.4. The third kappa shape index (κ3) is 5.17. The molecular formula is C29H30F2N8O2S. The summed E-state index contributed by atoms with van der Waals surface area (Å²) in [6, 6.07) is 7.63. The van der Waals surface area contributed by atoms with E-state index >= 15 is 4.39 Å². The molecule has 0 atom stereocenters. The lowest BCUT2D eigenvalue weighted by Gasteiger charge is -2.39. The number of aromatic nitrogens is 3. The van der Waals surface area contributed by atoms with E-state index in [2.05, 4.69) is 10.1 Å². The predicted molar refractivity (Wildman–Crippen MR) is 156 cm³/mol. The zero-order chi connectivity index (χ0) is 41.0. The van der Waals surface area contributed by atoms with E-state index in [4.69, 9.17) is 17.8 Å². The average molecular weight is 606 g/mol. The van der Waals surface area contributed by atoms with Crippen LogP contribution in [0.25, 0.3) is 16.8 Å². The topological polar surface area (TPSA) is 104 Å². The van der Waals surface area contributed by atoms with Crippen LogP contribution in [0, 0.1) is 23.0 Å². The molecule has 0 aliphatic carbocycles. The Morgan fingerprint density at radius 3 is 2.69 bits per heavy atom. The number of β-amino-alcohol motifs (C(OH)–C–C–N with tert-alkyl or cyclic N) is 1. The molecule has 1 N–H and O–H groups in total. The zero-order valence-electron chi connectivity index (χ0n) is 34.8. The van der Waals surface area contributed by atoms with Gasteiger partial charge in [-0.15, -0.1) is 0 Å². The number of rotatable bonds is 7. The molecule has 2 fully saturated rings. The molecule has 13 heteroatoms. The highest BCUT2D eigenvalue weighted by atomic mass is 32.1. The Bertz CT molecular complexity index is 2190. The Labute approximate surface area is 263 Å². The van der Waals surface area contributed by atoms with Crippen LogP contribution in [-0.4, -0.2) is 94.2 Å². The first-order valence-electron chi connectivity index (χ1n) is 18.9. The van der Waals surface area contributed by atoms with Gasteiger partial charge in [0.2, 0.25) is 5.91 Å². The van der Waals surface area contributed by atoms with Crippen molar-refractivity contribution in [2.75, 3.05) is 62.5 Å². The number of carbonyl (C=O) groups is 1. The van der Waals surface area contributed by atoms with Crippen molar-refractivity contribution < 1.29 is 36.5 Å². The molecule has 2 aliphatic rings. The number of piperazine rings is 1. The summed E-state index contributed by atoms with van der Waals surface area (Å²) >= 11 is 0.753. The second-order valence-electron chi connectivity index (χ2n) is 9.33. The van der Waals surface area contributed by atoms with Gasteiger partial charge in [0.25, 0.3) is 0 Å². The van der Waals surface area contributed by atoms with Crippen LogP contribution in [0.3, 0.4) is 0 Å². The number of pyridine rings is 1. The van der Waals surface area contributed by atoms with Crippen LogP contribution in [0.1, 0.15) is 35.2 Å². The molecule has 2 saturated heterocycles. The minimum absolute atomic E-state index is 0.00420. The maximum absolute atomic E-state index is 16.2. The molecule has 218 valence electrons. The first kappa shape index (κ1) is 16.5. The molecule has 2 aliphatic heterocycles. The Kier molecular flexibility index (Phi) is 4.43. The summed E-state index contributed by atoms with van der Waals surface area (Å²) in [5.41, 5.74) is -2.36. The maximum atomic E-state index is 16.2. The summed E-state index contributed by atoms with van der Waals surface area (Å²) in [5.74, 6) is -3.01. The van der Waals surface area contributed by atoms with Gasteiger partial charge in [0.1, 0.15) is 22.5 Å². The van der Waals surface area contributed by atoms with Gasteiger partial charge in [-0.1, -0.05) is 18.2 Å². The van der Waals surface area contributed by atoms with E-state index < -0.39 is 92.0 Å². The number of carbonyl (C=O) groups excluding carboxylic acids is 1. The van der Waals surface area contributed by atoms with Crippen molar-refractivity contribution in [3.8, 4) is 17.3 Å². The van der Waals surface area contributed by atoms with Gasteiger partial charge in [-0.3, -0.25) is 9.69 Å². The number of nitriles is 1. The van der Waals surface area contributed by atoms with Crippen molar-refractivity contribution in [1.82, 2.24) is 24.4 Å². The predicted octanol–water partition coefficient (Wildman–Crippen LogP) is 3.26. The number of nitrogens with zero attached hydrogens (tertiary/aromatic N) is 8. The van der Waals surface area contributed by atoms with Crippen molar-refractivity contribution in [1.29, 1.82) is 5.26 Å². The summed E-state index contributed by atoms with van der Waals surface area (Å²) < 4.78 is 142. The quantitative estimate of drug-likeness (QED) is 0.343. The third-order valence-corrected chi connectivity index (χ3v) is 7.63. The number of hydrogen-bond acceptors (Lipinski definition) is 9. The van der Waals surface area contributed by atoms with E-state index in [1.165, 1.54) is 19.2 Å². The lowest BCUT2D eigenvalue weighted by molar-refractivity contribution is -0.142. The monoisotopic (exact) mass is 605 g/mol. The molecule has 0 unspecified atom stereocenters. The van der Waals surface area contributed by atoms with Crippen molar-refractivity contribution in [3.63, 3.8) is 0 Å². The highest BCUT2D eigenvalue weighted by Crippen LogP contribution is 2.39. The lowest BCUT2D eigenvalue weighted by atomic mass is 10.1. The first-order valence-corrected chi connectivity index (χ1v) is 13.2. The molecule has 42 heavy (non-hydrogen) atoms. The number of halogens is 2. The van der Waals surface area contributed by atoms with E-state index in [1.54, 1.807) is 0 Å². The number of amides is 1. The van der Waals surface area contributed by atoms with E-state index in [-0.39, 0.29) is 38.6 Å². The number of likely N-dealkylation sites (tertiary alicyclic amines) is 1. The zero-order valence-corrected chi connectivity index (χ0v) is 22.6. The lowest BCUT2D eigenvalue weighted by Crippen LogP contribution is -2.57. The molecule has 5 heterocycles. The van der Waals surface area contributed by atoms with Crippen LogP contribution < -0.4 is 9.80 Å². The third-order valence-electron chi connectivity index (χ3n) is 6.59. The number of aliphatic hydroxyl groups is 1. The SMILES string of the molecule is [2H]C([2H])([2H])C([2H])([2H])c1nn2cc(F)c(N3C([2H])([2H])C([2H])([2H])N(CC(=O)N4CC(O)C4)C([2H])([2H])C3([2H])[2H])cc2c1N(C)c1nc(-c2ccc(F)cc2)c(C#N)s1. The summed E-state index contributed by atoms with van der Waals surface area (Å²) in [6.07, 6.45) is -3.64. The van der Waals surface area contributed by atoms with Crippen molar-refractivity contribution >= 4 is 39.3 Å². The minimum atomic E-state index is -3.67. The fourth-order valence-corrected chi connectivity index (χ4v) is 5.28. The fourth-order valence-electron chi connectivity index (χ4n) is 4.43. The molecular weight excluding hydrogens is 562 g/mol. The number of thiazole rings is 1. The highest BCUT2D eigenvalue weighted by Gasteiger charge is 2.31. The fraction of sp³-hybridized carbons (Fsp3) is 0.379. The molecule has 10 nitrogen and oxygen atoms in total. The Balaban J connectivity index is 1.55. The Hall–Kier alpha value is -4.12. The van der Waals surface area contributed by atoms with E-state index in [0.29, 0.717) is 16.3 Å². The van der Waals surface area contributed by atoms with Gasteiger partial charge in [-0.25, -0.2) is 18.3 Å². The number of aliphatic hydroxyl groups excluding tert-OH is 1. The highest BCUT2D eigenvalue weighted by molar-refractivity contribution is 7.16. The van der Waals surface area contributed by atoms with Crippen LogP contribution in [0.5, 0.6) is 0 Å². The molecule has 1 aromatic carbocycles. The van der Waals surface area contributed by atoms with Crippen LogP contribution in [-0.2, 0) is 11.2 Å². The maximum Gasteiger partial charge on any atom is 0.236 e. The van der Waals surface area contributed by atoms with Crippen LogP contribution in [0.4, 0.5) is 25.3 Å². The Morgan fingerprint density at radius 2 is 2.02 bits per heavy atom. The van der Waals surface area contributed by atoms with Crippen molar-refractivity contribution in [2.45, 2.75) is 19.3 Å². The van der Waals surface area contributed by atoms with Crippen LogP contribution in [0.2, 0.25) is 0 Å². The van der Waals surface area contributed by atoms with E-state index in [9.17, 15) is 19.6 Å². The van der Waals surface area contributed by atoms with Crippen LogP contribution >= 0.6 is 11.3 Å². The molecule has 0 spiro atoms. The first-order chi connectivity index (χ1) is 25.2. The van der Waals surface area contributed by atoms with Crippen molar-refractivity contribution in [2.24, 2.45) is 0 Å². The number of aryl methyl sites for hydroxylation is 1. The largest absolute Gasteiger partial charge is 0.389 e. The second kappa shape index (κ2) is 11.3. The van der Waals surface area contributed by atoms with Crippen molar-refractivity contribution in [3.05, 3.63) is 58.7 Å². The smallest absolute Gasteiger partial charge is 0.236 e. The van der Waals surface area contributed by atoms with Gasteiger partial charge in [0.05, 0.1) is 46.9 Å².